The Morgan fingerprint density at radius 1 is 0.949 bits per heavy atom. The molecule has 2 unspecified atom stereocenters. The van der Waals surface area contributed by atoms with Gasteiger partial charge in [-0.15, -0.1) is 23.2 Å². The Labute approximate surface area is 251 Å². The summed E-state index contributed by atoms with van der Waals surface area (Å²) >= 11 is 31.6. The molecule has 1 saturated carbocycles. The first-order valence-corrected chi connectivity index (χ1v) is 13.6. The minimum atomic E-state index is -1.30. The van der Waals surface area contributed by atoms with Crippen LogP contribution in [-0.4, -0.2) is 36.9 Å². The second-order valence-corrected chi connectivity index (χ2v) is 11.8. The molecular weight excluding hydrogens is 604 g/mol. The number of amides is 2. The van der Waals surface area contributed by atoms with Crippen molar-refractivity contribution in [1.29, 1.82) is 0 Å². The van der Waals surface area contributed by atoms with Gasteiger partial charge in [-0.2, -0.15) is 0 Å². The molecule has 2 atom stereocenters. The summed E-state index contributed by atoms with van der Waals surface area (Å²) in [6.07, 6.45) is 0. The SMILES string of the molecule is C=C(Nc1ccc(N(C)C(=O)COC)cc1)c1cc(NC(=O)C2C(c3cc(Cl)cc(Cl)c3)C2(Cl)Cl)ccc1Cl. The Morgan fingerprint density at radius 3 is 2.18 bits per heavy atom. The maximum absolute atomic E-state index is 13.1. The Hall–Kier alpha value is -2.45. The summed E-state index contributed by atoms with van der Waals surface area (Å²) in [5, 5.41) is 7.37. The van der Waals surface area contributed by atoms with Crippen molar-refractivity contribution in [1.82, 2.24) is 0 Å². The largest absolute Gasteiger partial charge is 0.375 e. The van der Waals surface area contributed by atoms with Gasteiger partial charge in [0, 0.05) is 58.4 Å². The third-order valence-electron chi connectivity index (χ3n) is 6.33. The molecule has 1 aliphatic carbocycles. The van der Waals surface area contributed by atoms with E-state index in [1.54, 1.807) is 55.6 Å². The van der Waals surface area contributed by atoms with Crippen LogP contribution in [0.5, 0.6) is 0 Å². The third kappa shape index (κ3) is 6.65. The Kier molecular flexibility index (Phi) is 9.06. The number of hydrogen-bond acceptors (Lipinski definition) is 4. The zero-order valence-corrected chi connectivity index (χ0v) is 24.7. The lowest BCUT2D eigenvalue weighted by atomic mass is 10.1. The van der Waals surface area contributed by atoms with Crippen molar-refractivity contribution in [3.8, 4) is 0 Å². The lowest BCUT2D eigenvalue weighted by Crippen LogP contribution is -2.29. The van der Waals surface area contributed by atoms with Crippen LogP contribution in [0, 0.1) is 5.92 Å². The smallest absolute Gasteiger partial charge is 0.252 e. The van der Waals surface area contributed by atoms with E-state index in [4.69, 9.17) is 62.7 Å². The molecule has 3 aromatic rings. The number of anilines is 3. The van der Waals surface area contributed by atoms with E-state index in [0.29, 0.717) is 43.3 Å². The number of carbonyl (C=O) groups is 2. The average Bonchev–Trinajstić information content (AvgIpc) is 3.46. The molecule has 0 spiro atoms. The number of halogens is 5. The van der Waals surface area contributed by atoms with Crippen LogP contribution in [0.2, 0.25) is 15.1 Å². The molecule has 2 amide bonds. The molecule has 6 nitrogen and oxygen atoms in total. The summed E-state index contributed by atoms with van der Waals surface area (Å²) in [7, 11) is 3.15. The van der Waals surface area contributed by atoms with E-state index in [2.05, 4.69) is 17.2 Å². The molecule has 2 N–H and O–H groups in total. The molecule has 0 bridgehead atoms. The second-order valence-electron chi connectivity index (χ2n) is 9.05. The molecule has 0 heterocycles. The Balaban J connectivity index is 1.45. The number of benzene rings is 3. The molecule has 0 radical (unpaired) electrons. The van der Waals surface area contributed by atoms with Gasteiger partial charge < -0.3 is 20.3 Å². The fourth-order valence-corrected chi connectivity index (χ4v) is 5.85. The highest BCUT2D eigenvalue weighted by Crippen LogP contribution is 2.65. The topological polar surface area (TPSA) is 70.7 Å². The minimum absolute atomic E-state index is 0.00812. The number of rotatable bonds is 9. The molecule has 4 rings (SSSR count). The van der Waals surface area contributed by atoms with Gasteiger partial charge >= 0.3 is 0 Å². The van der Waals surface area contributed by atoms with Crippen LogP contribution >= 0.6 is 58.0 Å². The van der Waals surface area contributed by atoms with Crippen LogP contribution in [-0.2, 0) is 14.3 Å². The van der Waals surface area contributed by atoms with Crippen LogP contribution in [0.4, 0.5) is 17.1 Å². The van der Waals surface area contributed by atoms with Gasteiger partial charge in [0.15, 0.2) is 0 Å². The van der Waals surface area contributed by atoms with Crippen LogP contribution in [0.25, 0.3) is 5.70 Å². The standard InChI is InChI=1S/C28H24Cl5N3O3/c1-15(34-19-4-7-21(8-5-19)36(2)24(37)14-39-3)22-13-20(6-9-23(22)31)35-27(38)26-25(28(26,32)33)16-10-17(29)12-18(30)11-16/h4-13,25-26,34H,1,14H2,2-3H3,(H,35,38). The maximum Gasteiger partial charge on any atom is 0.252 e. The Morgan fingerprint density at radius 2 is 1.56 bits per heavy atom. The predicted molar refractivity (Wildman–Crippen MR) is 162 cm³/mol. The maximum atomic E-state index is 13.1. The fraction of sp³-hybridized carbons (Fsp3) is 0.214. The number of alkyl halides is 2. The fourth-order valence-electron chi connectivity index (χ4n) is 4.25. The van der Waals surface area contributed by atoms with Gasteiger partial charge in [-0.1, -0.05) is 41.4 Å². The first-order valence-electron chi connectivity index (χ1n) is 11.7. The van der Waals surface area contributed by atoms with Gasteiger partial charge in [0.2, 0.25) is 5.91 Å². The van der Waals surface area contributed by atoms with E-state index in [1.165, 1.54) is 12.0 Å². The minimum Gasteiger partial charge on any atom is -0.375 e. The first kappa shape index (κ1) is 29.5. The predicted octanol–water partition coefficient (Wildman–Crippen LogP) is 7.86. The van der Waals surface area contributed by atoms with Crippen molar-refractivity contribution in [2.45, 2.75) is 10.3 Å². The molecule has 1 aliphatic rings. The van der Waals surface area contributed by atoms with E-state index in [-0.39, 0.29) is 18.4 Å². The number of hydrogen-bond donors (Lipinski definition) is 2. The summed E-state index contributed by atoms with van der Waals surface area (Å²) in [6.45, 7) is 4.09. The quantitative estimate of drug-likeness (QED) is 0.237. The lowest BCUT2D eigenvalue weighted by molar-refractivity contribution is -0.122. The normalized spacial score (nSPS) is 17.3. The average molecular weight is 628 g/mol. The molecule has 11 heteroatoms. The van der Waals surface area contributed by atoms with Crippen molar-refractivity contribution in [2.75, 3.05) is 36.3 Å². The zero-order chi connectivity index (χ0) is 28.5. The van der Waals surface area contributed by atoms with E-state index < -0.39 is 16.2 Å². The van der Waals surface area contributed by atoms with Gasteiger partial charge in [-0.25, -0.2) is 0 Å². The van der Waals surface area contributed by atoms with Crippen LogP contribution < -0.4 is 15.5 Å². The lowest BCUT2D eigenvalue weighted by Gasteiger charge is -2.18. The number of likely N-dealkylation sites (N-methyl/N-ethyl adjacent to an activating group) is 1. The highest BCUT2D eigenvalue weighted by Gasteiger charge is 2.67. The molecule has 1 fully saturated rings. The number of methoxy groups -OCH3 is 1. The van der Waals surface area contributed by atoms with Crippen molar-refractivity contribution < 1.29 is 14.3 Å². The van der Waals surface area contributed by atoms with E-state index in [9.17, 15) is 9.59 Å². The van der Waals surface area contributed by atoms with Crippen molar-refractivity contribution in [2.24, 2.45) is 5.92 Å². The van der Waals surface area contributed by atoms with Gasteiger partial charge in [0.1, 0.15) is 10.9 Å². The first-order chi connectivity index (χ1) is 18.4. The van der Waals surface area contributed by atoms with Crippen LogP contribution in [0.3, 0.4) is 0 Å². The molecule has 39 heavy (non-hydrogen) atoms. The highest BCUT2D eigenvalue weighted by molar-refractivity contribution is 6.53. The third-order valence-corrected chi connectivity index (χ3v) is 8.04. The summed E-state index contributed by atoms with van der Waals surface area (Å²) < 4.78 is 3.60. The number of ether oxygens (including phenoxy) is 1. The monoisotopic (exact) mass is 625 g/mol. The van der Waals surface area contributed by atoms with Crippen molar-refractivity contribution in [3.05, 3.63) is 93.4 Å². The second kappa shape index (κ2) is 12.0. The summed E-state index contributed by atoms with van der Waals surface area (Å²) in [5.41, 5.74) is 3.72. The van der Waals surface area contributed by atoms with Crippen LogP contribution in [0.1, 0.15) is 17.0 Å². The molecule has 0 saturated heterocycles. The van der Waals surface area contributed by atoms with E-state index in [1.807, 2.05) is 12.1 Å². The van der Waals surface area contributed by atoms with Gasteiger partial charge in [-0.05, 0) is 66.2 Å². The van der Waals surface area contributed by atoms with E-state index in [0.717, 1.165) is 5.69 Å². The molecule has 3 aromatic carbocycles. The molecule has 204 valence electrons. The van der Waals surface area contributed by atoms with Gasteiger partial charge in [0.25, 0.3) is 5.91 Å². The van der Waals surface area contributed by atoms with Gasteiger partial charge in [0.05, 0.1) is 10.9 Å². The molecule has 0 aromatic heterocycles. The summed E-state index contributed by atoms with van der Waals surface area (Å²) in [6, 6.07) is 17.3. The number of nitrogens with zero attached hydrogens (tertiary/aromatic N) is 1. The zero-order valence-electron chi connectivity index (χ0n) is 20.9. The number of carbonyl (C=O) groups excluding carboxylic acids is 2. The Bertz CT molecular complexity index is 1410. The van der Waals surface area contributed by atoms with Crippen LogP contribution in [0.15, 0.2) is 67.2 Å². The van der Waals surface area contributed by atoms with E-state index >= 15 is 0 Å². The highest BCUT2D eigenvalue weighted by atomic mass is 35.5. The van der Waals surface area contributed by atoms with Crippen molar-refractivity contribution in [3.63, 3.8) is 0 Å². The summed E-state index contributed by atoms with van der Waals surface area (Å²) in [5.74, 6) is -1.69. The van der Waals surface area contributed by atoms with Crippen molar-refractivity contribution >= 4 is 92.6 Å². The number of nitrogens with one attached hydrogen (secondary N) is 2. The molecular formula is C28H24Cl5N3O3. The molecule has 0 aliphatic heterocycles. The summed E-state index contributed by atoms with van der Waals surface area (Å²) in [4.78, 5) is 26.7. The van der Waals surface area contributed by atoms with Gasteiger partial charge in [-0.3, -0.25) is 9.59 Å².